The van der Waals surface area contributed by atoms with Gasteiger partial charge in [-0.1, -0.05) is 0 Å². The molecule has 0 aliphatic heterocycles. The van der Waals surface area contributed by atoms with E-state index in [4.69, 9.17) is 5.53 Å². The zero-order valence-electron chi connectivity index (χ0n) is 5.37. The number of carbonyl (C=O) groups is 1. The quantitative estimate of drug-likeness (QED) is 0.346. The third-order valence-corrected chi connectivity index (χ3v) is 3.24. The number of nitrogens with zero attached hydrogens (tertiary/aromatic N) is 2. The Hall–Kier alpha value is -0.950. The molecular formula is C7H6N2O. The van der Waals surface area contributed by atoms with E-state index in [0.29, 0.717) is 17.0 Å². The van der Waals surface area contributed by atoms with Crippen molar-refractivity contribution in [2.45, 2.75) is 12.8 Å². The molecule has 0 heterocycles. The number of ketones is 1. The van der Waals surface area contributed by atoms with Gasteiger partial charge in [-0.3, -0.25) is 4.79 Å². The van der Waals surface area contributed by atoms with Gasteiger partial charge in [0, 0.05) is 5.92 Å². The molecule has 3 rings (SSSR count). The maximum Gasteiger partial charge on any atom is 0.338 e. The summed E-state index contributed by atoms with van der Waals surface area (Å²) in [5.74, 6) is 0.706. The second kappa shape index (κ2) is 0.995. The Kier molecular flexibility index (Phi) is 0.478. The lowest BCUT2D eigenvalue weighted by atomic mass is 10.1. The van der Waals surface area contributed by atoms with Crippen molar-refractivity contribution in [2.75, 3.05) is 0 Å². The molecule has 0 aromatic carbocycles. The molecule has 0 bridgehead atoms. The van der Waals surface area contributed by atoms with Crippen molar-refractivity contribution < 1.29 is 9.58 Å². The smallest absolute Gasteiger partial charge is 0.338 e. The summed E-state index contributed by atoms with van der Waals surface area (Å²) < 4.78 is 0. The SMILES string of the molecule is [N-]=[N+]=C1C(=O)[C@@H]2CC23C[C@@H]13. The van der Waals surface area contributed by atoms with Crippen molar-refractivity contribution in [1.82, 2.24) is 0 Å². The summed E-state index contributed by atoms with van der Waals surface area (Å²) in [6.45, 7) is 0. The lowest BCUT2D eigenvalue weighted by Gasteiger charge is -1.82. The standard InChI is InChI=1S/C7H6N2O/c8-9-5-3-1-7(3)2-4(7)6(5)10/h3-4H,1-2H2/t3-,4-,7?/m0/s1. The van der Waals surface area contributed by atoms with Gasteiger partial charge in [-0.25, -0.2) is 0 Å². The predicted molar refractivity (Wildman–Crippen MR) is 32.3 cm³/mol. The van der Waals surface area contributed by atoms with Crippen LogP contribution in [0.4, 0.5) is 0 Å². The largest absolute Gasteiger partial charge is 0.361 e. The van der Waals surface area contributed by atoms with E-state index < -0.39 is 0 Å². The highest BCUT2D eigenvalue weighted by atomic mass is 16.1. The van der Waals surface area contributed by atoms with Crippen LogP contribution in [-0.4, -0.2) is 16.3 Å². The summed E-state index contributed by atoms with van der Waals surface area (Å²) in [7, 11) is 0. The van der Waals surface area contributed by atoms with Crippen LogP contribution in [0.25, 0.3) is 5.53 Å². The zero-order valence-corrected chi connectivity index (χ0v) is 5.37. The molecule has 0 aromatic heterocycles. The summed E-state index contributed by atoms with van der Waals surface area (Å²) in [5.41, 5.74) is 9.22. The topological polar surface area (TPSA) is 53.5 Å². The van der Waals surface area contributed by atoms with E-state index in [1.807, 2.05) is 0 Å². The van der Waals surface area contributed by atoms with Crippen LogP contribution >= 0.6 is 0 Å². The van der Waals surface area contributed by atoms with E-state index >= 15 is 0 Å². The number of hydrogen-bond acceptors (Lipinski definition) is 1. The molecule has 3 fully saturated rings. The Labute approximate surface area is 57.7 Å². The van der Waals surface area contributed by atoms with Gasteiger partial charge in [0.1, 0.15) is 0 Å². The van der Waals surface area contributed by atoms with E-state index in [1.165, 1.54) is 0 Å². The van der Waals surface area contributed by atoms with Gasteiger partial charge in [0.05, 0.1) is 5.92 Å². The normalized spacial score (nSPS) is 53.6. The molecule has 0 aromatic rings. The van der Waals surface area contributed by atoms with Gasteiger partial charge in [0.25, 0.3) is 0 Å². The minimum absolute atomic E-state index is 0.110. The fourth-order valence-corrected chi connectivity index (χ4v) is 2.44. The van der Waals surface area contributed by atoms with Crippen molar-refractivity contribution in [3.63, 3.8) is 0 Å². The van der Waals surface area contributed by atoms with E-state index in [-0.39, 0.29) is 11.7 Å². The van der Waals surface area contributed by atoms with Crippen LogP contribution < -0.4 is 0 Å². The maximum absolute atomic E-state index is 11.1. The highest BCUT2D eigenvalue weighted by molar-refractivity contribution is 6.44. The molecule has 1 spiro atoms. The van der Waals surface area contributed by atoms with Crippen LogP contribution in [0.2, 0.25) is 0 Å². The van der Waals surface area contributed by atoms with Crippen LogP contribution in [0.15, 0.2) is 0 Å². The maximum atomic E-state index is 11.1. The molecule has 0 amide bonds. The Morgan fingerprint density at radius 1 is 1.50 bits per heavy atom. The van der Waals surface area contributed by atoms with E-state index in [9.17, 15) is 4.79 Å². The Morgan fingerprint density at radius 3 is 2.60 bits per heavy atom. The fraction of sp³-hybridized carbons (Fsp3) is 0.714. The van der Waals surface area contributed by atoms with E-state index in [0.717, 1.165) is 12.8 Å². The van der Waals surface area contributed by atoms with E-state index in [2.05, 4.69) is 4.79 Å². The molecule has 0 radical (unpaired) electrons. The average molecular weight is 134 g/mol. The summed E-state index contributed by atoms with van der Waals surface area (Å²) >= 11 is 0. The summed E-state index contributed by atoms with van der Waals surface area (Å²) in [6.07, 6.45) is 2.16. The third kappa shape index (κ3) is 0.268. The lowest BCUT2D eigenvalue weighted by molar-refractivity contribution is -0.118. The second-order valence-electron chi connectivity index (χ2n) is 3.60. The molecule has 3 aliphatic rings. The molecular weight excluding hydrogens is 128 g/mol. The van der Waals surface area contributed by atoms with Gasteiger partial charge >= 0.3 is 5.71 Å². The highest BCUT2D eigenvalue weighted by Gasteiger charge is 2.84. The fourth-order valence-electron chi connectivity index (χ4n) is 2.44. The minimum Gasteiger partial charge on any atom is -0.361 e. The lowest BCUT2D eigenvalue weighted by Crippen LogP contribution is -2.14. The van der Waals surface area contributed by atoms with Gasteiger partial charge in [0.15, 0.2) is 0 Å². The monoisotopic (exact) mass is 134 g/mol. The first-order chi connectivity index (χ1) is 4.79. The van der Waals surface area contributed by atoms with Crippen molar-refractivity contribution in [3.8, 4) is 0 Å². The molecule has 10 heavy (non-hydrogen) atoms. The van der Waals surface area contributed by atoms with Crippen molar-refractivity contribution in [2.24, 2.45) is 17.3 Å². The van der Waals surface area contributed by atoms with Crippen LogP contribution in [-0.2, 0) is 4.79 Å². The van der Waals surface area contributed by atoms with Gasteiger partial charge in [-0.2, -0.15) is 4.79 Å². The zero-order chi connectivity index (χ0) is 6.93. The van der Waals surface area contributed by atoms with Crippen LogP contribution in [0, 0.1) is 17.3 Å². The van der Waals surface area contributed by atoms with Crippen molar-refractivity contribution in [1.29, 1.82) is 0 Å². The van der Waals surface area contributed by atoms with Crippen molar-refractivity contribution >= 4 is 11.5 Å². The second-order valence-corrected chi connectivity index (χ2v) is 3.60. The number of hydrogen-bond donors (Lipinski definition) is 0. The molecule has 1 unspecified atom stereocenters. The minimum atomic E-state index is 0.110. The molecule has 3 heteroatoms. The first-order valence-electron chi connectivity index (χ1n) is 3.56. The van der Waals surface area contributed by atoms with E-state index in [1.54, 1.807) is 0 Å². The summed E-state index contributed by atoms with van der Waals surface area (Å²) in [5, 5.41) is 0. The first kappa shape index (κ1) is 4.80. The number of rotatable bonds is 0. The average Bonchev–Trinajstić information content (AvgIpc) is 2.75. The molecule has 3 aliphatic carbocycles. The summed E-state index contributed by atoms with van der Waals surface area (Å²) in [6, 6.07) is 0. The molecule has 0 saturated heterocycles. The Morgan fingerprint density at radius 2 is 2.20 bits per heavy atom. The molecule has 50 valence electrons. The van der Waals surface area contributed by atoms with Crippen molar-refractivity contribution in [3.05, 3.63) is 5.53 Å². The number of Topliss-reactive ketones (excluding diaryl/α,β-unsaturated/α-hetero) is 1. The van der Waals surface area contributed by atoms with Crippen LogP contribution in [0.3, 0.4) is 0 Å². The van der Waals surface area contributed by atoms with Crippen LogP contribution in [0.1, 0.15) is 12.8 Å². The molecule has 3 nitrogen and oxygen atoms in total. The number of carbonyl (C=O) groups excluding carboxylic acids is 1. The summed E-state index contributed by atoms with van der Waals surface area (Å²) in [4.78, 5) is 14.2. The third-order valence-electron chi connectivity index (χ3n) is 3.24. The van der Waals surface area contributed by atoms with Gasteiger partial charge in [-0.05, 0) is 18.3 Å². The Balaban J connectivity index is 2.19. The molecule has 3 atom stereocenters. The van der Waals surface area contributed by atoms with Gasteiger partial charge < -0.3 is 5.53 Å². The highest BCUT2D eigenvalue weighted by Crippen LogP contribution is 2.79. The van der Waals surface area contributed by atoms with Crippen LogP contribution in [0.5, 0.6) is 0 Å². The Bertz CT molecular complexity index is 303. The predicted octanol–water partition coefficient (Wildman–Crippen LogP) is 0.266. The van der Waals surface area contributed by atoms with Gasteiger partial charge in [0.2, 0.25) is 5.78 Å². The molecule has 0 N–H and O–H groups in total. The molecule has 3 saturated carbocycles. The van der Waals surface area contributed by atoms with Gasteiger partial charge in [-0.15, -0.1) is 0 Å². The first-order valence-corrected chi connectivity index (χ1v) is 3.56.